The molecule has 4 heteroatoms. The van der Waals surface area contributed by atoms with Crippen LogP contribution < -0.4 is 0 Å². The molecule has 0 amide bonds. The molecule has 0 aliphatic heterocycles. The summed E-state index contributed by atoms with van der Waals surface area (Å²) >= 11 is 0. The lowest BCUT2D eigenvalue weighted by Gasteiger charge is -2.13. The second kappa shape index (κ2) is 5.92. The van der Waals surface area contributed by atoms with Crippen molar-refractivity contribution in [3.63, 3.8) is 0 Å². The zero-order valence-corrected chi connectivity index (χ0v) is 9.46. The van der Waals surface area contributed by atoms with Crippen molar-refractivity contribution in [1.29, 1.82) is 0 Å². The molecule has 1 unspecified atom stereocenters. The number of hydrogen-bond donors (Lipinski definition) is 1. The van der Waals surface area contributed by atoms with Gasteiger partial charge >= 0.3 is 0 Å². The maximum absolute atomic E-state index is 13.4. The first-order valence-corrected chi connectivity index (χ1v) is 5.28. The van der Waals surface area contributed by atoms with E-state index in [9.17, 15) is 13.9 Å². The van der Waals surface area contributed by atoms with Gasteiger partial charge in [-0.3, -0.25) is 0 Å². The van der Waals surface area contributed by atoms with Crippen LogP contribution in [0.25, 0.3) is 0 Å². The van der Waals surface area contributed by atoms with Crippen molar-refractivity contribution >= 4 is 0 Å². The van der Waals surface area contributed by atoms with E-state index < -0.39 is 17.7 Å². The van der Waals surface area contributed by atoms with E-state index >= 15 is 0 Å². The van der Waals surface area contributed by atoms with Crippen LogP contribution in [0.1, 0.15) is 30.6 Å². The molecule has 0 saturated carbocycles. The number of aliphatic hydroxyl groups excluding tert-OH is 1. The van der Waals surface area contributed by atoms with E-state index in [0.29, 0.717) is 13.2 Å². The predicted octanol–water partition coefficient (Wildman–Crippen LogP) is 2.73. The summed E-state index contributed by atoms with van der Waals surface area (Å²) in [4.78, 5) is 0. The van der Waals surface area contributed by atoms with Crippen LogP contribution in [-0.2, 0) is 4.74 Å². The SMILES string of the molecule is CCOCCC(O)c1ccc(C)c(F)c1F. The fraction of sp³-hybridized carbons (Fsp3) is 0.500. The Labute approximate surface area is 93.9 Å². The number of ether oxygens (including phenoxy) is 1. The summed E-state index contributed by atoms with van der Waals surface area (Å²) in [6.07, 6.45) is -0.769. The fourth-order valence-electron chi connectivity index (χ4n) is 1.41. The molecule has 0 heterocycles. The number of aryl methyl sites for hydroxylation is 1. The van der Waals surface area contributed by atoms with Crippen molar-refractivity contribution in [2.24, 2.45) is 0 Å². The Kier molecular flexibility index (Phi) is 4.83. The van der Waals surface area contributed by atoms with Crippen molar-refractivity contribution in [3.8, 4) is 0 Å². The molecule has 0 aliphatic rings. The van der Waals surface area contributed by atoms with Crippen molar-refractivity contribution in [2.75, 3.05) is 13.2 Å². The largest absolute Gasteiger partial charge is 0.388 e. The summed E-state index contributed by atoms with van der Waals surface area (Å²) in [6.45, 7) is 4.18. The second-order valence-corrected chi connectivity index (χ2v) is 3.60. The van der Waals surface area contributed by atoms with Gasteiger partial charge in [-0.25, -0.2) is 8.78 Å². The molecule has 90 valence electrons. The van der Waals surface area contributed by atoms with Crippen LogP contribution in [-0.4, -0.2) is 18.3 Å². The third-order valence-electron chi connectivity index (χ3n) is 2.40. The summed E-state index contributed by atoms with van der Waals surface area (Å²) in [5, 5.41) is 9.66. The highest BCUT2D eigenvalue weighted by Gasteiger charge is 2.17. The number of hydrogen-bond acceptors (Lipinski definition) is 2. The van der Waals surface area contributed by atoms with E-state index in [1.54, 1.807) is 0 Å². The Morgan fingerprint density at radius 3 is 2.62 bits per heavy atom. The molecule has 1 rings (SSSR count). The van der Waals surface area contributed by atoms with Gasteiger partial charge in [0.05, 0.1) is 6.10 Å². The van der Waals surface area contributed by atoms with Gasteiger partial charge in [-0.2, -0.15) is 0 Å². The number of halogens is 2. The van der Waals surface area contributed by atoms with Crippen LogP contribution in [0.3, 0.4) is 0 Å². The van der Waals surface area contributed by atoms with Crippen LogP contribution in [0.5, 0.6) is 0 Å². The van der Waals surface area contributed by atoms with Crippen molar-refractivity contribution in [3.05, 3.63) is 34.9 Å². The molecule has 0 bridgehead atoms. The average Bonchev–Trinajstić information content (AvgIpc) is 2.26. The van der Waals surface area contributed by atoms with Gasteiger partial charge in [-0.15, -0.1) is 0 Å². The monoisotopic (exact) mass is 230 g/mol. The van der Waals surface area contributed by atoms with E-state index in [4.69, 9.17) is 4.74 Å². The quantitative estimate of drug-likeness (QED) is 0.788. The summed E-state index contributed by atoms with van der Waals surface area (Å²) < 4.78 is 31.7. The van der Waals surface area contributed by atoms with Gasteiger partial charge in [0.2, 0.25) is 0 Å². The maximum Gasteiger partial charge on any atom is 0.164 e. The lowest BCUT2D eigenvalue weighted by atomic mass is 10.0. The molecular weight excluding hydrogens is 214 g/mol. The molecule has 1 aromatic carbocycles. The van der Waals surface area contributed by atoms with Crippen molar-refractivity contribution < 1.29 is 18.6 Å². The van der Waals surface area contributed by atoms with E-state index in [2.05, 4.69) is 0 Å². The topological polar surface area (TPSA) is 29.5 Å². The van der Waals surface area contributed by atoms with Gasteiger partial charge in [0.25, 0.3) is 0 Å². The average molecular weight is 230 g/mol. The highest BCUT2D eigenvalue weighted by Crippen LogP contribution is 2.23. The zero-order valence-electron chi connectivity index (χ0n) is 9.46. The Morgan fingerprint density at radius 1 is 1.31 bits per heavy atom. The summed E-state index contributed by atoms with van der Waals surface area (Å²) in [7, 11) is 0. The van der Waals surface area contributed by atoms with Gasteiger partial charge < -0.3 is 9.84 Å². The summed E-state index contributed by atoms with van der Waals surface area (Å²) in [5.74, 6) is -1.86. The Hall–Kier alpha value is -1.00. The molecule has 0 spiro atoms. The van der Waals surface area contributed by atoms with E-state index in [1.165, 1.54) is 19.1 Å². The van der Waals surface area contributed by atoms with Crippen LogP contribution in [0.15, 0.2) is 12.1 Å². The highest BCUT2D eigenvalue weighted by molar-refractivity contribution is 5.26. The van der Waals surface area contributed by atoms with E-state index in [0.717, 1.165) is 0 Å². The minimum Gasteiger partial charge on any atom is -0.388 e. The van der Waals surface area contributed by atoms with Crippen molar-refractivity contribution in [1.82, 2.24) is 0 Å². The van der Waals surface area contributed by atoms with Crippen LogP contribution in [0, 0.1) is 18.6 Å². The van der Waals surface area contributed by atoms with Gasteiger partial charge in [-0.05, 0) is 19.4 Å². The summed E-state index contributed by atoms with van der Waals surface area (Å²) in [6, 6.07) is 2.86. The molecule has 1 aromatic rings. The predicted molar refractivity (Wildman–Crippen MR) is 57.2 cm³/mol. The molecule has 1 atom stereocenters. The minimum atomic E-state index is -1.03. The first-order chi connectivity index (χ1) is 7.57. The van der Waals surface area contributed by atoms with Crippen LogP contribution in [0.2, 0.25) is 0 Å². The Bertz CT molecular complexity index is 353. The highest BCUT2D eigenvalue weighted by atomic mass is 19.2. The van der Waals surface area contributed by atoms with Gasteiger partial charge in [0.15, 0.2) is 11.6 Å². The maximum atomic E-state index is 13.4. The van der Waals surface area contributed by atoms with E-state index in [-0.39, 0.29) is 17.5 Å². The second-order valence-electron chi connectivity index (χ2n) is 3.60. The zero-order chi connectivity index (χ0) is 12.1. The van der Waals surface area contributed by atoms with Gasteiger partial charge in [0.1, 0.15) is 0 Å². The Morgan fingerprint density at radius 2 is 2.00 bits per heavy atom. The molecule has 16 heavy (non-hydrogen) atoms. The van der Waals surface area contributed by atoms with E-state index in [1.807, 2.05) is 6.92 Å². The normalized spacial score (nSPS) is 12.8. The first-order valence-electron chi connectivity index (χ1n) is 5.28. The molecule has 0 saturated heterocycles. The van der Waals surface area contributed by atoms with Gasteiger partial charge in [-0.1, -0.05) is 12.1 Å². The molecule has 1 N–H and O–H groups in total. The Balaban J connectivity index is 2.76. The smallest absolute Gasteiger partial charge is 0.164 e. The lowest BCUT2D eigenvalue weighted by molar-refractivity contribution is 0.0865. The molecule has 0 radical (unpaired) electrons. The molecule has 0 aromatic heterocycles. The van der Waals surface area contributed by atoms with Crippen molar-refractivity contribution in [2.45, 2.75) is 26.4 Å². The number of benzene rings is 1. The third-order valence-corrected chi connectivity index (χ3v) is 2.40. The first kappa shape index (κ1) is 13.1. The molecular formula is C12H16F2O2. The van der Waals surface area contributed by atoms with Crippen LogP contribution >= 0.6 is 0 Å². The number of aliphatic hydroxyl groups is 1. The van der Waals surface area contributed by atoms with Crippen LogP contribution in [0.4, 0.5) is 8.78 Å². The fourth-order valence-corrected chi connectivity index (χ4v) is 1.41. The van der Waals surface area contributed by atoms with Gasteiger partial charge in [0, 0.05) is 25.2 Å². The standard InChI is InChI=1S/C12H16F2O2/c1-3-16-7-6-10(15)9-5-4-8(2)11(13)12(9)14/h4-5,10,15H,3,6-7H2,1-2H3. The molecule has 0 aliphatic carbocycles. The molecule has 0 fully saturated rings. The third kappa shape index (κ3) is 3.00. The minimum absolute atomic E-state index is 0.0113. The summed E-state index contributed by atoms with van der Waals surface area (Å²) in [5.41, 5.74) is 0.223. The lowest BCUT2D eigenvalue weighted by Crippen LogP contribution is -2.07. The number of rotatable bonds is 5. The molecule has 2 nitrogen and oxygen atoms in total.